The van der Waals surface area contributed by atoms with Gasteiger partial charge in [0.15, 0.2) is 0 Å². The van der Waals surface area contributed by atoms with Crippen LogP contribution in [-0.4, -0.2) is 25.4 Å². The first-order valence-electron chi connectivity index (χ1n) is 9.21. The molecule has 0 saturated carbocycles. The third-order valence-corrected chi connectivity index (χ3v) is 5.05. The highest BCUT2D eigenvalue weighted by atomic mass is 16.5. The van der Waals surface area contributed by atoms with Crippen LogP contribution in [0.4, 0.5) is 0 Å². The third kappa shape index (κ3) is 4.17. The molecule has 0 fully saturated rings. The van der Waals surface area contributed by atoms with Gasteiger partial charge in [-0.3, -0.25) is 0 Å². The van der Waals surface area contributed by atoms with Gasteiger partial charge < -0.3 is 9.47 Å². The fourth-order valence-electron chi connectivity index (χ4n) is 3.75. The maximum atomic E-state index is 5.84. The minimum Gasteiger partial charge on any atom is -0.365 e. The Kier molecular flexibility index (Phi) is 5.36. The van der Waals surface area contributed by atoms with Gasteiger partial charge in [-0.1, -0.05) is 60.4 Å². The van der Waals surface area contributed by atoms with Gasteiger partial charge in [-0.15, -0.1) is 0 Å². The molecule has 0 spiro atoms. The lowest BCUT2D eigenvalue weighted by Crippen LogP contribution is -2.12. The molecule has 0 heterocycles. The molecule has 0 radical (unpaired) electrons. The summed E-state index contributed by atoms with van der Waals surface area (Å²) in [6.07, 6.45) is 4.45. The molecule has 0 atom stereocenters. The van der Waals surface area contributed by atoms with E-state index >= 15 is 0 Å². The van der Waals surface area contributed by atoms with Crippen LogP contribution in [0.5, 0.6) is 0 Å². The Morgan fingerprint density at radius 2 is 0.962 bits per heavy atom. The average molecular weight is 342 g/mol. The molecule has 130 valence electrons. The van der Waals surface area contributed by atoms with Crippen LogP contribution >= 0.6 is 0 Å². The van der Waals surface area contributed by atoms with E-state index in [1.54, 1.807) is 0 Å². The molecule has 2 aliphatic rings. The smallest absolute Gasteiger partial charge is 0.109 e. The van der Waals surface area contributed by atoms with Gasteiger partial charge >= 0.3 is 0 Å². The summed E-state index contributed by atoms with van der Waals surface area (Å²) < 4.78 is 11.7. The molecule has 2 aromatic carbocycles. The van der Waals surface area contributed by atoms with Crippen LogP contribution in [0.25, 0.3) is 0 Å². The summed E-state index contributed by atoms with van der Waals surface area (Å²) in [5.74, 6) is 11.7. The summed E-state index contributed by atoms with van der Waals surface area (Å²) in [6, 6.07) is 17.1. The van der Waals surface area contributed by atoms with Gasteiger partial charge in [-0.05, 0) is 59.8 Å². The van der Waals surface area contributed by atoms with E-state index in [4.69, 9.17) is 9.47 Å². The van der Waals surface area contributed by atoms with Crippen molar-refractivity contribution in [3.05, 3.63) is 70.8 Å². The van der Waals surface area contributed by atoms with Crippen LogP contribution in [0.1, 0.15) is 22.3 Å². The molecule has 0 unspecified atom stereocenters. The number of rotatable bonds is 4. The summed E-state index contributed by atoms with van der Waals surface area (Å²) in [6.45, 7) is 0.873. The van der Waals surface area contributed by atoms with Crippen molar-refractivity contribution in [1.82, 2.24) is 0 Å². The normalized spacial score (nSPS) is 15.5. The van der Waals surface area contributed by atoms with Gasteiger partial charge in [0, 0.05) is 0 Å². The van der Waals surface area contributed by atoms with Crippen LogP contribution in [0.15, 0.2) is 48.5 Å². The van der Waals surface area contributed by atoms with E-state index in [9.17, 15) is 0 Å². The van der Waals surface area contributed by atoms with Crippen LogP contribution in [0.2, 0.25) is 0 Å². The second kappa shape index (κ2) is 8.24. The number of fused-ring (bicyclic) bond motifs is 2. The van der Waals surface area contributed by atoms with E-state index in [2.05, 4.69) is 72.2 Å². The Bertz CT molecular complexity index is 766. The molecule has 4 rings (SSSR count). The molecule has 0 amide bonds. The second-order valence-corrected chi connectivity index (χ2v) is 6.82. The van der Waals surface area contributed by atoms with E-state index in [1.807, 2.05) is 0 Å². The Hall–Kier alpha value is -2.52. The number of benzene rings is 2. The predicted molar refractivity (Wildman–Crippen MR) is 103 cm³/mol. The Labute approximate surface area is 155 Å². The maximum absolute atomic E-state index is 5.84. The molecule has 0 saturated heterocycles. The lowest BCUT2D eigenvalue weighted by molar-refractivity contribution is 0.0860. The SMILES string of the molecule is C(C#CCOC1Cc2ccccc2C1)#CCOC1Cc2ccccc2C1. The highest BCUT2D eigenvalue weighted by Gasteiger charge is 2.21. The van der Waals surface area contributed by atoms with Gasteiger partial charge in [0.05, 0.1) is 12.2 Å². The predicted octanol–water partition coefficient (Wildman–Crippen LogP) is 3.36. The van der Waals surface area contributed by atoms with E-state index < -0.39 is 0 Å². The van der Waals surface area contributed by atoms with E-state index in [-0.39, 0.29) is 12.2 Å². The van der Waals surface area contributed by atoms with Gasteiger partial charge in [0.1, 0.15) is 13.2 Å². The molecule has 0 aliphatic heterocycles. The quantitative estimate of drug-likeness (QED) is 0.793. The molecule has 26 heavy (non-hydrogen) atoms. The van der Waals surface area contributed by atoms with Crippen LogP contribution in [0, 0.1) is 23.7 Å². The zero-order valence-corrected chi connectivity index (χ0v) is 14.8. The minimum atomic E-state index is 0.252. The molecule has 2 nitrogen and oxygen atoms in total. The third-order valence-electron chi connectivity index (χ3n) is 5.05. The largest absolute Gasteiger partial charge is 0.365 e. The monoisotopic (exact) mass is 342 g/mol. The number of hydrogen-bond acceptors (Lipinski definition) is 2. The van der Waals surface area contributed by atoms with Crippen molar-refractivity contribution in [3.8, 4) is 23.7 Å². The van der Waals surface area contributed by atoms with Gasteiger partial charge in [0.25, 0.3) is 0 Å². The highest BCUT2D eigenvalue weighted by Crippen LogP contribution is 2.24. The van der Waals surface area contributed by atoms with Crippen molar-refractivity contribution in [2.75, 3.05) is 13.2 Å². The first kappa shape index (κ1) is 16.9. The lowest BCUT2D eigenvalue weighted by Gasteiger charge is -2.07. The second-order valence-electron chi connectivity index (χ2n) is 6.82. The van der Waals surface area contributed by atoms with Crippen molar-refractivity contribution in [3.63, 3.8) is 0 Å². The lowest BCUT2D eigenvalue weighted by atomic mass is 10.1. The van der Waals surface area contributed by atoms with Crippen LogP contribution in [0.3, 0.4) is 0 Å². The Morgan fingerprint density at radius 1 is 0.615 bits per heavy atom. The number of ether oxygens (including phenoxy) is 2. The van der Waals surface area contributed by atoms with Gasteiger partial charge in [0.2, 0.25) is 0 Å². The zero-order valence-electron chi connectivity index (χ0n) is 14.8. The van der Waals surface area contributed by atoms with Crippen molar-refractivity contribution in [1.29, 1.82) is 0 Å². The maximum Gasteiger partial charge on any atom is 0.109 e. The molecule has 2 heteroatoms. The zero-order chi connectivity index (χ0) is 17.6. The molecule has 2 aromatic rings. The molecule has 2 aliphatic carbocycles. The summed E-state index contributed by atoms with van der Waals surface area (Å²) in [5, 5.41) is 0. The summed E-state index contributed by atoms with van der Waals surface area (Å²) >= 11 is 0. The molecule has 0 bridgehead atoms. The Morgan fingerprint density at radius 3 is 1.31 bits per heavy atom. The summed E-state index contributed by atoms with van der Waals surface area (Å²) in [7, 11) is 0. The molecule has 0 N–H and O–H groups in total. The first-order valence-corrected chi connectivity index (χ1v) is 9.21. The van der Waals surface area contributed by atoms with Crippen LogP contribution in [-0.2, 0) is 35.2 Å². The average Bonchev–Trinajstić information content (AvgIpc) is 3.26. The van der Waals surface area contributed by atoms with Crippen molar-refractivity contribution >= 4 is 0 Å². The van der Waals surface area contributed by atoms with E-state index in [1.165, 1.54) is 22.3 Å². The molecule has 0 aromatic heterocycles. The molecular weight excluding hydrogens is 320 g/mol. The fraction of sp³-hybridized carbons (Fsp3) is 0.333. The summed E-state index contributed by atoms with van der Waals surface area (Å²) in [5.41, 5.74) is 5.60. The van der Waals surface area contributed by atoms with Gasteiger partial charge in [-0.25, -0.2) is 0 Å². The standard InChI is InChI=1S/C24H22O2/c1(7-13-25-23-15-19-9-3-4-10-20(19)16-23)2-8-14-26-24-17-21-11-5-6-12-22(21)18-24/h3-6,9-12,23-24H,13-18H2. The first-order chi connectivity index (χ1) is 12.9. The van der Waals surface area contributed by atoms with Crippen molar-refractivity contribution in [2.45, 2.75) is 37.9 Å². The molecular formula is C24H22O2. The highest BCUT2D eigenvalue weighted by molar-refractivity contribution is 5.33. The Balaban J connectivity index is 1.14. The van der Waals surface area contributed by atoms with Crippen molar-refractivity contribution in [2.24, 2.45) is 0 Å². The topological polar surface area (TPSA) is 18.5 Å². The van der Waals surface area contributed by atoms with Crippen molar-refractivity contribution < 1.29 is 9.47 Å². The number of hydrogen-bond donors (Lipinski definition) is 0. The van der Waals surface area contributed by atoms with Gasteiger partial charge in [-0.2, -0.15) is 0 Å². The van der Waals surface area contributed by atoms with E-state index in [0.29, 0.717) is 13.2 Å². The summed E-state index contributed by atoms with van der Waals surface area (Å²) in [4.78, 5) is 0. The van der Waals surface area contributed by atoms with E-state index in [0.717, 1.165) is 25.7 Å². The minimum absolute atomic E-state index is 0.252. The van der Waals surface area contributed by atoms with Crippen LogP contribution < -0.4 is 0 Å². The fourth-order valence-corrected chi connectivity index (χ4v) is 3.75.